The monoisotopic (exact) mass is 281 g/mol. The lowest BCUT2D eigenvalue weighted by Crippen LogP contribution is -2.30. The van der Waals surface area contributed by atoms with Gasteiger partial charge in [-0.05, 0) is 6.92 Å². The largest absolute Gasteiger partial charge is 0.476 e. The summed E-state index contributed by atoms with van der Waals surface area (Å²) in [6, 6.07) is -0.353. The fraction of sp³-hybridized carbons (Fsp3) is 0.300. The van der Waals surface area contributed by atoms with E-state index in [1.54, 1.807) is 13.1 Å². The molecule has 1 amide bonds. The molecule has 0 aliphatic carbocycles. The predicted molar refractivity (Wildman–Crippen MR) is 65.7 cm³/mol. The van der Waals surface area contributed by atoms with Crippen LogP contribution in [0.4, 0.5) is 0 Å². The van der Waals surface area contributed by atoms with E-state index in [-0.39, 0.29) is 24.2 Å². The molecule has 19 heavy (non-hydrogen) atoms. The number of thiazole rings is 1. The lowest BCUT2D eigenvalue weighted by molar-refractivity contribution is -0.122. The SMILES string of the molecule is CC(NC(=O)Cn1ccnn1)c1nc(C(=O)O)cs1. The number of carboxylic acid groups (broad SMARTS) is 1. The molecule has 0 spiro atoms. The number of rotatable bonds is 5. The average Bonchev–Trinajstić information content (AvgIpc) is 2.98. The average molecular weight is 281 g/mol. The first-order valence-electron chi connectivity index (χ1n) is 5.38. The highest BCUT2D eigenvalue weighted by atomic mass is 32.1. The molecule has 0 radical (unpaired) electrons. The molecule has 2 N–H and O–H groups in total. The van der Waals surface area contributed by atoms with Crippen LogP contribution < -0.4 is 5.32 Å². The van der Waals surface area contributed by atoms with E-state index in [4.69, 9.17) is 5.11 Å². The molecular formula is C10H11N5O3S. The van der Waals surface area contributed by atoms with Crippen molar-refractivity contribution >= 4 is 23.2 Å². The van der Waals surface area contributed by atoms with Gasteiger partial charge in [0.25, 0.3) is 0 Å². The van der Waals surface area contributed by atoms with E-state index in [0.29, 0.717) is 5.01 Å². The van der Waals surface area contributed by atoms with Gasteiger partial charge < -0.3 is 10.4 Å². The number of aromatic nitrogens is 4. The minimum absolute atomic E-state index is 0.0163. The summed E-state index contributed by atoms with van der Waals surface area (Å²) in [5, 5.41) is 20.7. The smallest absolute Gasteiger partial charge is 0.355 e. The Labute approximate surface area is 112 Å². The van der Waals surface area contributed by atoms with E-state index in [9.17, 15) is 9.59 Å². The highest BCUT2D eigenvalue weighted by molar-refractivity contribution is 7.09. The van der Waals surface area contributed by atoms with Crippen molar-refractivity contribution in [3.05, 3.63) is 28.5 Å². The zero-order valence-corrected chi connectivity index (χ0v) is 10.8. The fourth-order valence-electron chi connectivity index (χ4n) is 1.40. The third-order valence-electron chi connectivity index (χ3n) is 2.27. The van der Waals surface area contributed by atoms with Gasteiger partial charge >= 0.3 is 5.97 Å². The molecule has 1 unspecified atom stereocenters. The van der Waals surface area contributed by atoms with E-state index >= 15 is 0 Å². The maximum Gasteiger partial charge on any atom is 0.355 e. The van der Waals surface area contributed by atoms with Crippen molar-refractivity contribution in [1.82, 2.24) is 25.3 Å². The summed E-state index contributed by atoms with van der Waals surface area (Å²) in [6.45, 7) is 1.80. The Morgan fingerprint density at radius 1 is 1.58 bits per heavy atom. The van der Waals surface area contributed by atoms with E-state index in [1.807, 2.05) is 0 Å². The minimum Gasteiger partial charge on any atom is -0.476 e. The molecule has 2 aromatic rings. The number of amides is 1. The number of hydrogen-bond donors (Lipinski definition) is 2. The van der Waals surface area contributed by atoms with Crippen molar-refractivity contribution in [2.75, 3.05) is 0 Å². The standard InChI is InChI=1S/C10H11N5O3S/c1-6(9-13-7(5-19-9)10(17)18)12-8(16)4-15-3-2-11-14-15/h2-3,5-6H,4H2,1H3,(H,12,16)(H,17,18). The maximum absolute atomic E-state index is 11.7. The van der Waals surface area contributed by atoms with Crippen LogP contribution >= 0.6 is 11.3 Å². The topological polar surface area (TPSA) is 110 Å². The summed E-state index contributed by atoms with van der Waals surface area (Å²) >= 11 is 1.19. The van der Waals surface area contributed by atoms with Crippen LogP contribution in [0.3, 0.4) is 0 Å². The molecule has 100 valence electrons. The molecule has 9 heteroatoms. The maximum atomic E-state index is 11.7. The first-order valence-corrected chi connectivity index (χ1v) is 6.26. The number of carboxylic acids is 1. The van der Waals surface area contributed by atoms with Crippen LogP contribution in [0.5, 0.6) is 0 Å². The van der Waals surface area contributed by atoms with Crippen LogP contribution in [-0.2, 0) is 11.3 Å². The second-order valence-electron chi connectivity index (χ2n) is 3.77. The molecular weight excluding hydrogens is 270 g/mol. The van der Waals surface area contributed by atoms with Crippen LogP contribution in [0.1, 0.15) is 28.5 Å². The van der Waals surface area contributed by atoms with Crippen molar-refractivity contribution in [2.45, 2.75) is 19.5 Å². The highest BCUT2D eigenvalue weighted by Gasteiger charge is 2.16. The first kappa shape index (κ1) is 13.1. The molecule has 0 fully saturated rings. The summed E-state index contributed by atoms with van der Waals surface area (Å²) in [5.41, 5.74) is -0.0163. The lowest BCUT2D eigenvalue weighted by Gasteiger charge is -2.10. The third kappa shape index (κ3) is 3.35. The van der Waals surface area contributed by atoms with Crippen LogP contribution in [0.2, 0.25) is 0 Å². The number of nitrogens with one attached hydrogen (secondary N) is 1. The number of carbonyl (C=O) groups excluding carboxylic acids is 1. The van der Waals surface area contributed by atoms with Crippen molar-refractivity contribution in [1.29, 1.82) is 0 Å². The number of hydrogen-bond acceptors (Lipinski definition) is 6. The highest BCUT2D eigenvalue weighted by Crippen LogP contribution is 2.17. The molecule has 0 saturated carbocycles. The molecule has 0 bridgehead atoms. The van der Waals surface area contributed by atoms with Gasteiger partial charge in [-0.3, -0.25) is 4.79 Å². The summed E-state index contributed by atoms with van der Waals surface area (Å²) in [7, 11) is 0. The van der Waals surface area contributed by atoms with E-state index in [1.165, 1.54) is 27.6 Å². The van der Waals surface area contributed by atoms with Gasteiger partial charge in [0.15, 0.2) is 5.69 Å². The number of aromatic carboxylic acids is 1. The van der Waals surface area contributed by atoms with Gasteiger partial charge in [0, 0.05) is 11.6 Å². The van der Waals surface area contributed by atoms with Gasteiger partial charge in [0.05, 0.1) is 12.2 Å². The molecule has 2 heterocycles. The Balaban J connectivity index is 1.94. The first-order chi connectivity index (χ1) is 9.06. The van der Waals surface area contributed by atoms with Crippen LogP contribution in [0.15, 0.2) is 17.8 Å². The Morgan fingerprint density at radius 2 is 2.37 bits per heavy atom. The Morgan fingerprint density at radius 3 is 2.95 bits per heavy atom. The molecule has 0 saturated heterocycles. The zero-order valence-electron chi connectivity index (χ0n) is 9.98. The number of carbonyl (C=O) groups is 2. The molecule has 0 aliphatic rings. The molecule has 2 aromatic heterocycles. The van der Waals surface area contributed by atoms with E-state index in [2.05, 4.69) is 20.6 Å². The molecule has 2 rings (SSSR count). The third-order valence-corrected chi connectivity index (χ3v) is 3.29. The molecule has 8 nitrogen and oxygen atoms in total. The Bertz CT molecular complexity index is 580. The van der Waals surface area contributed by atoms with E-state index < -0.39 is 5.97 Å². The molecule has 1 atom stereocenters. The predicted octanol–water partition coefficient (Wildman–Crippen LogP) is 0.310. The quantitative estimate of drug-likeness (QED) is 0.816. The van der Waals surface area contributed by atoms with Crippen LogP contribution in [0.25, 0.3) is 0 Å². The van der Waals surface area contributed by atoms with Gasteiger partial charge in [0.2, 0.25) is 5.91 Å². The van der Waals surface area contributed by atoms with Crippen LogP contribution in [-0.4, -0.2) is 37.0 Å². The Kier molecular flexibility index (Phi) is 3.85. The van der Waals surface area contributed by atoms with Gasteiger partial charge in [-0.15, -0.1) is 16.4 Å². The second kappa shape index (κ2) is 5.57. The number of nitrogens with zero attached hydrogens (tertiary/aromatic N) is 4. The minimum atomic E-state index is -1.08. The van der Waals surface area contributed by atoms with Gasteiger partial charge in [-0.2, -0.15) is 0 Å². The summed E-state index contributed by atoms with van der Waals surface area (Å²) in [5.74, 6) is -1.33. The Hall–Kier alpha value is -2.29. The molecule has 0 aliphatic heterocycles. The van der Waals surface area contributed by atoms with Crippen molar-refractivity contribution < 1.29 is 14.7 Å². The van der Waals surface area contributed by atoms with Crippen molar-refractivity contribution in [3.8, 4) is 0 Å². The normalized spacial score (nSPS) is 12.1. The van der Waals surface area contributed by atoms with Crippen molar-refractivity contribution in [3.63, 3.8) is 0 Å². The van der Waals surface area contributed by atoms with Crippen LogP contribution in [0, 0.1) is 0 Å². The molecule has 0 aromatic carbocycles. The van der Waals surface area contributed by atoms with E-state index in [0.717, 1.165) is 0 Å². The lowest BCUT2D eigenvalue weighted by atomic mass is 10.3. The zero-order chi connectivity index (χ0) is 13.8. The second-order valence-corrected chi connectivity index (χ2v) is 4.66. The fourth-order valence-corrected chi connectivity index (χ4v) is 2.20. The summed E-state index contributed by atoms with van der Waals surface area (Å²) < 4.78 is 1.40. The summed E-state index contributed by atoms with van der Waals surface area (Å²) in [6.07, 6.45) is 3.06. The van der Waals surface area contributed by atoms with Gasteiger partial charge in [-0.1, -0.05) is 5.21 Å². The summed E-state index contributed by atoms with van der Waals surface area (Å²) in [4.78, 5) is 26.3. The van der Waals surface area contributed by atoms with Gasteiger partial charge in [-0.25, -0.2) is 14.5 Å². The van der Waals surface area contributed by atoms with Crippen molar-refractivity contribution in [2.24, 2.45) is 0 Å². The van der Waals surface area contributed by atoms with Gasteiger partial charge in [0.1, 0.15) is 11.6 Å².